The molecule has 0 N–H and O–H groups in total. The highest BCUT2D eigenvalue weighted by molar-refractivity contribution is 5.99. The van der Waals surface area contributed by atoms with Crippen molar-refractivity contribution in [3.8, 4) is 11.4 Å². The van der Waals surface area contributed by atoms with Crippen molar-refractivity contribution in [3.05, 3.63) is 83.7 Å². The molecule has 0 saturated heterocycles. The third kappa shape index (κ3) is 3.92. The Morgan fingerprint density at radius 1 is 1.17 bits per heavy atom. The number of nitrogens with zero attached hydrogens (tertiary/aromatic N) is 3. The van der Waals surface area contributed by atoms with Crippen molar-refractivity contribution in [1.29, 1.82) is 0 Å². The predicted molar refractivity (Wildman–Crippen MR) is 111 cm³/mol. The Bertz CT molecular complexity index is 1090. The predicted octanol–water partition coefficient (Wildman–Crippen LogP) is 5.03. The fourth-order valence-corrected chi connectivity index (χ4v) is 3.37. The van der Waals surface area contributed by atoms with Gasteiger partial charge in [-0.25, -0.2) is 9.37 Å². The molecule has 0 fully saturated rings. The van der Waals surface area contributed by atoms with Crippen molar-refractivity contribution >= 4 is 11.8 Å². The summed E-state index contributed by atoms with van der Waals surface area (Å²) in [6, 6.07) is 12.3. The molecule has 3 aromatic rings. The first-order valence-corrected chi connectivity index (χ1v) is 9.35. The summed E-state index contributed by atoms with van der Waals surface area (Å²) in [6.45, 7) is 3.90. The lowest BCUT2D eigenvalue weighted by molar-refractivity contribution is -0.00742. The van der Waals surface area contributed by atoms with Crippen LogP contribution in [0, 0.1) is 12.7 Å². The zero-order valence-corrected chi connectivity index (χ0v) is 16.6. The lowest BCUT2D eigenvalue weighted by Crippen LogP contribution is -2.21. The molecule has 2 heterocycles. The van der Waals surface area contributed by atoms with Gasteiger partial charge >= 0.3 is 0 Å². The van der Waals surface area contributed by atoms with Crippen LogP contribution in [0.5, 0.6) is 5.75 Å². The smallest absolute Gasteiger partial charge is 0.165 e. The number of aromatic nitrogens is 2. The zero-order valence-electron chi connectivity index (χ0n) is 16.6. The Kier molecular flexibility index (Phi) is 4.92. The number of hydrogen-bond acceptors (Lipinski definition) is 4. The third-order valence-electron chi connectivity index (χ3n) is 5.00. The number of methoxy groups -OCH3 is 1. The van der Waals surface area contributed by atoms with Crippen LogP contribution >= 0.6 is 0 Å². The van der Waals surface area contributed by atoms with Crippen LogP contribution in [0.25, 0.3) is 11.8 Å². The van der Waals surface area contributed by atoms with E-state index in [-0.39, 0.29) is 5.82 Å². The largest absolute Gasteiger partial charge is 0.495 e. The maximum atomic E-state index is 13.2. The maximum absolute atomic E-state index is 13.2. The van der Waals surface area contributed by atoms with Crippen LogP contribution in [0.3, 0.4) is 0 Å². The summed E-state index contributed by atoms with van der Waals surface area (Å²) in [4.78, 5) is 9.94. The van der Waals surface area contributed by atoms with Crippen molar-refractivity contribution in [2.45, 2.75) is 25.9 Å². The number of halogens is 1. The van der Waals surface area contributed by atoms with Crippen molar-refractivity contribution < 1.29 is 14.0 Å². The molecule has 0 amide bonds. The molecule has 6 heteroatoms. The van der Waals surface area contributed by atoms with E-state index in [1.807, 2.05) is 55.0 Å². The number of imidazole rings is 1. The van der Waals surface area contributed by atoms with Crippen molar-refractivity contribution in [3.63, 3.8) is 0 Å². The minimum atomic E-state index is -0.589. The van der Waals surface area contributed by atoms with E-state index in [1.54, 1.807) is 25.6 Å². The van der Waals surface area contributed by atoms with Gasteiger partial charge in [-0.15, -0.1) is 0 Å². The van der Waals surface area contributed by atoms with Crippen LogP contribution in [0.1, 0.15) is 30.2 Å². The molecule has 1 atom stereocenters. The molecular weight excluding hydrogens is 369 g/mol. The van der Waals surface area contributed by atoms with Gasteiger partial charge in [-0.1, -0.05) is 29.4 Å². The minimum Gasteiger partial charge on any atom is -0.495 e. The van der Waals surface area contributed by atoms with Crippen LogP contribution in [0.15, 0.2) is 66.2 Å². The fraction of sp³-hybridized carbons (Fsp3) is 0.217. The fourth-order valence-electron chi connectivity index (χ4n) is 3.37. The van der Waals surface area contributed by atoms with Crippen molar-refractivity contribution in [2.24, 2.45) is 5.16 Å². The molecule has 1 aliphatic rings. The van der Waals surface area contributed by atoms with Gasteiger partial charge in [0.05, 0.1) is 30.5 Å². The quantitative estimate of drug-likeness (QED) is 0.613. The molecule has 0 radical (unpaired) electrons. The Labute approximate surface area is 169 Å². The van der Waals surface area contributed by atoms with Gasteiger partial charge in [0.25, 0.3) is 0 Å². The summed E-state index contributed by atoms with van der Waals surface area (Å²) in [5, 5.41) is 4.21. The Hall–Kier alpha value is -3.41. The molecule has 1 unspecified atom stereocenters. The summed E-state index contributed by atoms with van der Waals surface area (Å²) >= 11 is 0. The molecule has 0 aliphatic carbocycles. The second-order valence-corrected chi connectivity index (χ2v) is 7.28. The average Bonchev–Trinajstić information content (AvgIpc) is 3.33. The van der Waals surface area contributed by atoms with Gasteiger partial charge in [0, 0.05) is 12.6 Å². The first kappa shape index (κ1) is 18.9. The van der Waals surface area contributed by atoms with Gasteiger partial charge in [0.1, 0.15) is 11.6 Å². The van der Waals surface area contributed by atoms with Crippen LogP contribution in [-0.4, -0.2) is 22.4 Å². The van der Waals surface area contributed by atoms with Gasteiger partial charge in [0.2, 0.25) is 0 Å². The topological polar surface area (TPSA) is 48.6 Å². The van der Waals surface area contributed by atoms with Crippen LogP contribution < -0.4 is 4.74 Å². The second-order valence-electron chi connectivity index (χ2n) is 7.28. The number of ether oxygens (including phenoxy) is 1. The molecule has 1 aromatic heterocycles. The van der Waals surface area contributed by atoms with E-state index in [1.165, 1.54) is 12.1 Å². The highest BCUT2D eigenvalue weighted by Gasteiger charge is 2.35. The number of allylic oxidation sites excluding steroid dienone is 1. The summed E-state index contributed by atoms with van der Waals surface area (Å²) < 4.78 is 20.7. The summed E-state index contributed by atoms with van der Waals surface area (Å²) in [6.07, 6.45) is 8.24. The van der Waals surface area contributed by atoms with E-state index in [0.29, 0.717) is 6.42 Å². The lowest BCUT2D eigenvalue weighted by Gasteiger charge is -2.21. The SMILES string of the molecule is COc1cc(C=CC2=NOC(C)(c3ccc(F)cc3)C2)ccc1-n1cnc(C)c1. The summed E-state index contributed by atoms with van der Waals surface area (Å²) in [5.41, 5.74) is 3.99. The molecular formula is C23H22FN3O2. The Morgan fingerprint density at radius 2 is 1.97 bits per heavy atom. The van der Waals surface area contributed by atoms with E-state index < -0.39 is 5.60 Å². The molecule has 0 saturated carbocycles. The first-order chi connectivity index (χ1) is 14.0. The number of hydrogen-bond donors (Lipinski definition) is 0. The number of oxime groups is 1. The normalized spacial score (nSPS) is 18.7. The summed E-state index contributed by atoms with van der Waals surface area (Å²) in [5.74, 6) is 0.491. The molecule has 29 heavy (non-hydrogen) atoms. The average molecular weight is 391 g/mol. The molecule has 4 rings (SSSR count). The van der Waals surface area contributed by atoms with Gasteiger partial charge in [-0.05, 0) is 55.3 Å². The van der Waals surface area contributed by atoms with E-state index in [2.05, 4.69) is 10.1 Å². The van der Waals surface area contributed by atoms with E-state index >= 15 is 0 Å². The minimum absolute atomic E-state index is 0.264. The third-order valence-corrected chi connectivity index (χ3v) is 5.00. The summed E-state index contributed by atoms with van der Waals surface area (Å²) in [7, 11) is 1.65. The monoisotopic (exact) mass is 391 g/mol. The standard InChI is InChI=1S/C23H22FN3O2/c1-16-14-27(15-25-16)21-11-5-17(12-22(21)28-3)4-10-20-13-23(2,29-26-20)18-6-8-19(24)9-7-18/h4-12,14-15H,13H2,1-3H3. The first-order valence-electron chi connectivity index (χ1n) is 9.35. The molecule has 0 bridgehead atoms. The second kappa shape index (κ2) is 7.54. The van der Waals surface area contributed by atoms with Gasteiger partial charge in [-0.3, -0.25) is 0 Å². The van der Waals surface area contributed by atoms with Crippen molar-refractivity contribution in [2.75, 3.05) is 7.11 Å². The van der Waals surface area contributed by atoms with Gasteiger partial charge in [-0.2, -0.15) is 0 Å². The van der Waals surface area contributed by atoms with Gasteiger partial charge in [0.15, 0.2) is 5.60 Å². The van der Waals surface area contributed by atoms with Crippen LogP contribution in [-0.2, 0) is 10.4 Å². The Balaban J connectivity index is 1.50. The number of rotatable bonds is 5. The molecule has 148 valence electrons. The van der Waals surface area contributed by atoms with E-state index in [0.717, 1.165) is 34.0 Å². The van der Waals surface area contributed by atoms with Crippen molar-refractivity contribution in [1.82, 2.24) is 9.55 Å². The van der Waals surface area contributed by atoms with Gasteiger partial charge < -0.3 is 14.1 Å². The molecule has 2 aromatic carbocycles. The highest BCUT2D eigenvalue weighted by atomic mass is 19.1. The highest BCUT2D eigenvalue weighted by Crippen LogP contribution is 2.35. The van der Waals surface area contributed by atoms with Crippen LogP contribution in [0.4, 0.5) is 4.39 Å². The van der Waals surface area contributed by atoms with E-state index in [4.69, 9.17) is 9.57 Å². The lowest BCUT2D eigenvalue weighted by atomic mass is 9.91. The zero-order chi connectivity index (χ0) is 20.4. The molecule has 1 aliphatic heterocycles. The van der Waals surface area contributed by atoms with Crippen LogP contribution in [0.2, 0.25) is 0 Å². The number of aryl methyl sites for hydroxylation is 1. The molecule has 0 spiro atoms. The maximum Gasteiger partial charge on any atom is 0.165 e. The molecule has 5 nitrogen and oxygen atoms in total. The number of benzene rings is 2. The Morgan fingerprint density at radius 3 is 2.66 bits per heavy atom. The van der Waals surface area contributed by atoms with E-state index in [9.17, 15) is 4.39 Å².